The van der Waals surface area contributed by atoms with Gasteiger partial charge in [-0.25, -0.2) is 0 Å². The summed E-state index contributed by atoms with van der Waals surface area (Å²) in [5.41, 5.74) is 0.0412. The Balaban J connectivity index is 2.23. The van der Waals surface area contributed by atoms with Crippen molar-refractivity contribution in [3.05, 3.63) is 0 Å². The molecule has 2 nitrogen and oxygen atoms in total. The average Bonchev–Trinajstić information content (AvgIpc) is 2.27. The predicted octanol–water partition coefficient (Wildman–Crippen LogP) is 2.30. The molecule has 2 saturated carbocycles. The lowest BCUT2D eigenvalue weighted by Gasteiger charge is -2.43. The molecule has 1 N–H and O–H groups in total. The Hall–Kier alpha value is -0.370. The third-order valence-corrected chi connectivity index (χ3v) is 3.91. The van der Waals surface area contributed by atoms with Crippen LogP contribution in [0.2, 0.25) is 0 Å². The first-order chi connectivity index (χ1) is 6.44. The quantitative estimate of drug-likeness (QED) is 0.645. The van der Waals surface area contributed by atoms with E-state index >= 15 is 0 Å². The highest BCUT2D eigenvalue weighted by molar-refractivity contribution is 5.81. The highest BCUT2D eigenvalue weighted by Gasteiger charge is 2.49. The zero-order valence-corrected chi connectivity index (χ0v) is 9.18. The van der Waals surface area contributed by atoms with E-state index in [2.05, 4.69) is 13.8 Å². The lowest BCUT2D eigenvalue weighted by molar-refractivity contribution is -0.132. The number of Topliss-reactive ketones (excluding diaryl/α,β-unsaturated/α-hetero) is 1. The fourth-order valence-electron chi connectivity index (χ4n) is 3.60. The van der Waals surface area contributed by atoms with E-state index in [-0.39, 0.29) is 16.9 Å². The fourth-order valence-corrected chi connectivity index (χ4v) is 3.60. The van der Waals surface area contributed by atoms with Gasteiger partial charge in [0.2, 0.25) is 0 Å². The minimum Gasteiger partial charge on any atom is -0.393 e. The molecule has 2 rings (SSSR count). The zero-order chi connectivity index (χ0) is 10.4. The van der Waals surface area contributed by atoms with Gasteiger partial charge in [-0.2, -0.15) is 0 Å². The molecule has 0 saturated heterocycles. The zero-order valence-electron chi connectivity index (χ0n) is 9.18. The number of aliphatic hydroxyl groups excluding tert-OH is 1. The first-order valence-corrected chi connectivity index (χ1v) is 5.63. The van der Waals surface area contributed by atoms with Crippen LogP contribution in [0, 0.1) is 10.8 Å². The SMILES string of the molecule is CC1(C)CC(=O)C[C@@]2(CCC[C@H]2O)C1. The Labute approximate surface area is 85.7 Å². The molecule has 1 spiro atoms. The van der Waals surface area contributed by atoms with Gasteiger partial charge in [-0.05, 0) is 24.7 Å². The second-order valence-electron chi connectivity index (χ2n) is 6.00. The van der Waals surface area contributed by atoms with E-state index in [0.717, 1.165) is 25.7 Å². The molecule has 0 unspecified atom stereocenters. The molecular formula is C12H20O2. The maximum atomic E-state index is 11.7. The number of aliphatic hydroxyl groups is 1. The molecule has 0 amide bonds. The van der Waals surface area contributed by atoms with Crippen LogP contribution in [-0.4, -0.2) is 17.0 Å². The minimum atomic E-state index is -0.231. The van der Waals surface area contributed by atoms with E-state index in [1.54, 1.807) is 0 Å². The molecule has 2 fully saturated rings. The molecule has 0 aliphatic heterocycles. The van der Waals surface area contributed by atoms with Crippen molar-refractivity contribution in [2.45, 2.75) is 58.5 Å². The molecule has 14 heavy (non-hydrogen) atoms. The minimum absolute atomic E-state index is 0.0567. The van der Waals surface area contributed by atoms with Gasteiger partial charge in [0.1, 0.15) is 5.78 Å². The van der Waals surface area contributed by atoms with Crippen molar-refractivity contribution in [1.82, 2.24) is 0 Å². The molecule has 0 aromatic heterocycles. The molecule has 0 heterocycles. The summed E-state index contributed by atoms with van der Waals surface area (Å²) in [6, 6.07) is 0. The Morgan fingerprint density at radius 2 is 2.07 bits per heavy atom. The Morgan fingerprint density at radius 3 is 2.57 bits per heavy atom. The van der Waals surface area contributed by atoms with Crippen LogP contribution < -0.4 is 0 Å². The van der Waals surface area contributed by atoms with Crippen molar-refractivity contribution in [2.24, 2.45) is 10.8 Å². The summed E-state index contributed by atoms with van der Waals surface area (Å²) in [6.45, 7) is 4.30. The third-order valence-electron chi connectivity index (χ3n) is 3.91. The molecule has 2 heteroatoms. The lowest BCUT2D eigenvalue weighted by Crippen LogP contribution is -2.42. The van der Waals surface area contributed by atoms with Gasteiger partial charge in [-0.1, -0.05) is 20.3 Å². The number of carbonyl (C=O) groups excluding carboxylic acids is 1. The van der Waals surface area contributed by atoms with Crippen molar-refractivity contribution in [3.8, 4) is 0 Å². The molecular weight excluding hydrogens is 176 g/mol. The third kappa shape index (κ3) is 1.60. The summed E-state index contributed by atoms with van der Waals surface area (Å²) < 4.78 is 0. The van der Waals surface area contributed by atoms with Crippen LogP contribution in [0.4, 0.5) is 0 Å². The average molecular weight is 196 g/mol. The van der Waals surface area contributed by atoms with Gasteiger partial charge in [0.05, 0.1) is 6.10 Å². The fraction of sp³-hybridized carbons (Fsp3) is 0.917. The van der Waals surface area contributed by atoms with Gasteiger partial charge in [0.15, 0.2) is 0 Å². The highest BCUT2D eigenvalue weighted by Crippen LogP contribution is 2.53. The molecule has 0 aromatic rings. The summed E-state index contributed by atoms with van der Waals surface area (Å²) in [5, 5.41) is 10.0. The molecule has 2 aliphatic rings. The Kier molecular flexibility index (Phi) is 2.22. The molecule has 0 aromatic carbocycles. The first-order valence-electron chi connectivity index (χ1n) is 5.63. The summed E-state index contributed by atoms with van der Waals surface area (Å²) in [5.74, 6) is 0.349. The summed E-state index contributed by atoms with van der Waals surface area (Å²) >= 11 is 0. The van der Waals surface area contributed by atoms with Crippen LogP contribution in [0.1, 0.15) is 52.4 Å². The number of ketones is 1. The summed E-state index contributed by atoms with van der Waals surface area (Å²) in [6.07, 6.45) is 5.13. The number of carbonyl (C=O) groups is 1. The highest BCUT2D eigenvalue weighted by atomic mass is 16.3. The normalized spacial score (nSPS) is 41.9. The van der Waals surface area contributed by atoms with Gasteiger partial charge >= 0.3 is 0 Å². The van der Waals surface area contributed by atoms with Crippen molar-refractivity contribution in [2.75, 3.05) is 0 Å². The lowest BCUT2D eigenvalue weighted by atomic mass is 9.61. The topological polar surface area (TPSA) is 37.3 Å². The van der Waals surface area contributed by atoms with Gasteiger partial charge in [-0.15, -0.1) is 0 Å². The van der Waals surface area contributed by atoms with Crippen LogP contribution in [0.5, 0.6) is 0 Å². The van der Waals surface area contributed by atoms with E-state index < -0.39 is 0 Å². The monoisotopic (exact) mass is 196 g/mol. The molecule has 2 aliphatic carbocycles. The van der Waals surface area contributed by atoms with Gasteiger partial charge in [0.25, 0.3) is 0 Å². The molecule has 0 radical (unpaired) electrons. The maximum absolute atomic E-state index is 11.7. The van der Waals surface area contributed by atoms with Crippen LogP contribution >= 0.6 is 0 Å². The second kappa shape index (κ2) is 3.06. The number of rotatable bonds is 0. The summed E-state index contributed by atoms with van der Waals surface area (Å²) in [7, 11) is 0. The van der Waals surface area contributed by atoms with Crippen LogP contribution in [-0.2, 0) is 4.79 Å². The van der Waals surface area contributed by atoms with Crippen molar-refractivity contribution < 1.29 is 9.90 Å². The number of hydrogen-bond acceptors (Lipinski definition) is 2. The van der Waals surface area contributed by atoms with E-state index in [1.165, 1.54) is 0 Å². The van der Waals surface area contributed by atoms with Gasteiger partial charge in [-0.3, -0.25) is 4.79 Å². The van der Waals surface area contributed by atoms with Crippen LogP contribution in [0.3, 0.4) is 0 Å². The predicted molar refractivity (Wildman–Crippen MR) is 54.9 cm³/mol. The standard InChI is InChI=1S/C12H20O2/c1-11(2)6-9(13)7-12(8-11)5-3-4-10(12)14/h10,14H,3-8H2,1-2H3/t10-,12+/m1/s1. The van der Waals surface area contributed by atoms with Crippen LogP contribution in [0.15, 0.2) is 0 Å². The van der Waals surface area contributed by atoms with Gasteiger partial charge in [0, 0.05) is 18.3 Å². The first kappa shape index (κ1) is 10.2. The number of hydrogen-bond donors (Lipinski definition) is 1. The van der Waals surface area contributed by atoms with E-state index in [1.807, 2.05) is 0 Å². The van der Waals surface area contributed by atoms with Crippen molar-refractivity contribution in [1.29, 1.82) is 0 Å². The smallest absolute Gasteiger partial charge is 0.134 e. The Bertz CT molecular complexity index is 257. The van der Waals surface area contributed by atoms with E-state index in [0.29, 0.717) is 18.6 Å². The second-order valence-corrected chi connectivity index (χ2v) is 6.00. The molecule has 80 valence electrons. The van der Waals surface area contributed by atoms with Gasteiger partial charge < -0.3 is 5.11 Å². The summed E-state index contributed by atoms with van der Waals surface area (Å²) in [4.78, 5) is 11.7. The maximum Gasteiger partial charge on any atom is 0.134 e. The molecule has 0 bridgehead atoms. The van der Waals surface area contributed by atoms with E-state index in [9.17, 15) is 9.90 Å². The van der Waals surface area contributed by atoms with Crippen molar-refractivity contribution >= 4 is 5.78 Å². The molecule has 2 atom stereocenters. The van der Waals surface area contributed by atoms with Crippen molar-refractivity contribution in [3.63, 3.8) is 0 Å². The van der Waals surface area contributed by atoms with Crippen LogP contribution in [0.25, 0.3) is 0 Å². The largest absolute Gasteiger partial charge is 0.393 e. The van der Waals surface area contributed by atoms with E-state index in [4.69, 9.17) is 0 Å². The Morgan fingerprint density at radius 1 is 1.36 bits per heavy atom.